The Kier molecular flexibility index (Phi) is 5.21. The molecule has 3 nitrogen and oxygen atoms in total. The topological polar surface area (TPSA) is 37.2 Å². The number of hydrogen-bond donors (Lipinski definition) is 2. The maximum atomic E-state index is 9.43. The Morgan fingerprint density at radius 2 is 1.81 bits per heavy atom. The van der Waals surface area contributed by atoms with Crippen LogP contribution in [0.1, 0.15) is 37.2 Å². The molecule has 0 spiro atoms. The summed E-state index contributed by atoms with van der Waals surface area (Å²) in [6, 6.07) is 13.0. The first-order chi connectivity index (χ1) is 9.99. The van der Waals surface area contributed by atoms with Gasteiger partial charge in [0.2, 0.25) is 0 Å². The minimum absolute atomic E-state index is 0.260. The molecule has 0 fully saturated rings. The lowest BCUT2D eigenvalue weighted by atomic mass is 10.1. The van der Waals surface area contributed by atoms with E-state index in [1.54, 1.807) is 0 Å². The molecule has 0 saturated heterocycles. The second-order valence-corrected chi connectivity index (χ2v) is 5.93. The van der Waals surface area contributed by atoms with Crippen molar-refractivity contribution in [2.75, 3.05) is 0 Å². The van der Waals surface area contributed by atoms with Crippen LogP contribution in [-0.4, -0.2) is 21.8 Å². The van der Waals surface area contributed by atoms with Gasteiger partial charge in [0.25, 0.3) is 0 Å². The summed E-state index contributed by atoms with van der Waals surface area (Å²) in [6.45, 7) is 9.09. The Balaban J connectivity index is 2.13. The van der Waals surface area contributed by atoms with Crippen molar-refractivity contribution in [1.29, 1.82) is 0 Å². The molecule has 3 heteroatoms. The summed E-state index contributed by atoms with van der Waals surface area (Å²) in [7, 11) is 0. The Labute approximate surface area is 127 Å². The van der Waals surface area contributed by atoms with Crippen molar-refractivity contribution in [3.63, 3.8) is 0 Å². The van der Waals surface area contributed by atoms with E-state index in [0.29, 0.717) is 6.04 Å². The lowest BCUT2D eigenvalue weighted by molar-refractivity contribution is 0.170. The third kappa shape index (κ3) is 3.96. The van der Waals surface area contributed by atoms with Crippen LogP contribution in [0.2, 0.25) is 0 Å². The van der Waals surface area contributed by atoms with Gasteiger partial charge >= 0.3 is 0 Å². The van der Waals surface area contributed by atoms with Gasteiger partial charge in [-0.1, -0.05) is 18.2 Å². The zero-order chi connectivity index (χ0) is 15.4. The number of aliphatic hydroxyl groups is 1. The molecule has 0 radical (unpaired) electrons. The smallest absolute Gasteiger partial charge is 0.0526 e. The van der Waals surface area contributed by atoms with Crippen molar-refractivity contribution in [3.8, 4) is 5.69 Å². The molecule has 2 N–H and O–H groups in total. The van der Waals surface area contributed by atoms with E-state index >= 15 is 0 Å². The fourth-order valence-corrected chi connectivity index (χ4v) is 2.86. The number of aliphatic hydroxyl groups excluding tert-OH is 1. The highest BCUT2D eigenvalue weighted by atomic mass is 16.3. The molecule has 2 rings (SSSR count). The number of aromatic nitrogens is 1. The molecule has 1 aromatic heterocycles. The van der Waals surface area contributed by atoms with E-state index in [-0.39, 0.29) is 6.10 Å². The predicted molar refractivity (Wildman–Crippen MR) is 87.8 cm³/mol. The van der Waals surface area contributed by atoms with Gasteiger partial charge < -0.3 is 15.0 Å². The van der Waals surface area contributed by atoms with E-state index in [1.165, 1.54) is 22.6 Å². The molecule has 1 heterocycles. The number of para-hydroxylation sites is 1. The van der Waals surface area contributed by atoms with Crippen LogP contribution in [0.25, 0.3) is 5.69 Å². The molecule has 114 valence electrons. The van der Waals surface area contributed by atoms with Gasteiger partial charge in [-0.25, -0.2) is 0 Å². The van der Waals surface area contributed by atoms with Gasteiger partial charge in [-0.15, -0.1) is 0 Å². The second kappa shape index (κ2) is 6.92. The van der Waals surface area contributed by atoms with E-state index in [2.05, 4.69) is 61.0 Å². The van der Waals surface area contributed by atoms with E-state index in [9.17, 15) is 5.11 Å². The van der Waals surface area contributed by atoms with Gasteiger partial charge in [-0.3, -0.25) is 0 Å². The molecule has 0 aliphatic carbocycles. The maximum absolute atomic E-state index is 9.43. The largest absolute Gasteiger partial charge is 0.393 e. The van der Waals surface area contributed by atoms with Gasteiger partial charge in [0, 0.05) is 29.7 Å². The van der Waals surface area contributed by atoms with E-state index in [1.807, 2.05) is 13.0 Å². The standard InChI is InChI=1S/C18H26N2O/c1-13(10-15(3)21)19-12-17-11-14(2)20(16(17)4)18-8-6-5-7-9-18/h5-9,11,13,15,19,21H,10,12H2,1-4H3. The minimum Gasteiger partial charge on any atom is -0.393 e. The summed E-state index contributed by atoms with van der Waals surface area (Å²) < 4.78 is 2.29. The molecule has 0 saturated carbocycles. The molecule has 1 aromatic carbocycles. The average molecular weight is 286 g/mol. The number of nitrogens with zero attached hydrogens (tertiary/aromatic N) is 1. The molecule has 2 aromatic rings. The molecule has 2 atom stereocenters. The third-order valence-corrected chi connectivity index (χ3v) is 3.89. The van der Waals surface area contributed by atoms with Crippen LogP contribution in [0, 0.1) is 13.8 Å². The quantitative estimate of drug-likeness (QED) is 0.854. The number of benzene rings is 1. The van der Waals surface area contributed by atoms with Crippen molar-refractivity contribution >= 4 is 0 Å². The molecule has 0 aliphatic rings. The number of nitrogens with one attached hydrogen (secondary N) is 1. The fourth-order valence-electron chi connectivity index (χ4n) is 2.86. The summed E-state index contributed by atoms with van der Waals surface area (Å²) in [5.74, 6) is 0. The van der Waals surface area contributed by atoms with Crippen LogP contribution in [-0.2, 0) is 6.54 Å². The summed E-state index contributed by atoms with van der Waals surface area (Å²) in [5, 5.41) is 12.9. The third-order valence-electron chi connectivity index (χ3n) is 3.89. The Bertz CT molecular complexity index is 572. The van der Waals surface area contributed by atoms with E-state index in [0.717, 1.165) is 13.0 Å². The Morgan fingerprint density at radius 1 is 1.14 bits per heavy atom. The first kappa shape index (κ1) is 15.8. The monoisotopic (exact) mass is 286 g/mol. The SMILES string of the molecule is Cc1cc(CNC(C)CC(C)O)c(C)n1-c1ccccc1. The average Bonchev–Trinajstić information content (AvgIpc) is 2.71. The summed E-state index contributed by atoms with van der Waals surface area (Å²) in [6.07, 6.45) is 0.515. The molecule has 0 bridgehead atoms. The highest BCUT2D eigenvalue weighted by Gasteiger charge is 2.12. The maximum Gasteiger partial charge on any atom is 0.0526 e. The fraction of sp³-hybridized carbons (Fsp3) is 0.444. The predicted octanol–water partition coefficient (Wildman–Crippen LogP) is 3.34. The minimum atomic E-state index is -0.260. The molecular weight excluding hydrogens is 260 g/mol. The molecular formula is C18H26N2O. The first-order valence-electron chi connectivity index (χ1n) is 7.63. The van der Waals surface area contributed by atoms with Crippen LogP contribution in [0.5, 0.6) is 0 Å². The first-order valence-corrected chi connectivity index (χ1v) is 7.63. The van der Waals surface area contributed by atoms with Crippen LogP contribution >= 0.6 is 0 Å². The molecule has 2 unspecified atom stereocenters. The van der Waals surface area contributed by atoms with Gasteiger partial charge in [0.1, 0.15) is 0 Å². The molecule has 0 amide bonds. The van der Waals surface area contributed by atoms with Crippen molar-refractivity contribution in [2.24, 2.45) is 0 Å². The van der Waals surface area contributed by atoms with Crippen LogP contribution in [0.4, 0.5) is 0 Å². The summed E-state index contributed by atoms with van der Waals surface area (Å²) >= 11 is 0. The van der Waals surface area contributed by atoms with Gasteiger partial charge in [0.05, 0.1) is 6.10 Å². The van der Waals surface area contributed by atoms with E-state index < -0.39 is 0 Å². The van der Waals surface area contributed by atoms with Crippen LogP contribution in [0.3, 0.4) is 0 Å². The van der Waals surface area contributed by atoms with Crippen LogP contribution in [0.15, 0.2) is 36.4 Å². The van der Waals surface area contributed by atoms with Gasteiger partial charge in [0.15, 0.2) is 0 Å². The van der Waals surface area contributed by atoms with Gasteiger partial charge in [-0.05, 0) is 57.9 Å². The van der Waals surface area contributed by atoms with Gasteiger partial charge in [-0.2, -0.15) is 0 Å². The highest BCUT2D eigenvalue weighted by molar-refractivity contribution is 5.40. The van der Waals surface area contributed by atoms with Crippen molar-refractivity contribution in [3.05, 3.63) is 53.3 Å². The molecule has 0 aliphatic heterocycles. The summed E-state index contributed by atoms with van der Waals surface area (Å²) in [4.78, 5) is 0. The van der Waals surface area contributed by atoms with Crippen molar-refractivity contribution in [1.82, 2.24) is 9.88 Å². The number of hydrogen-bond acceptors (Lipinski definition) is 2. The highest BCUT2D eigenvalue weighted by Crippen LogP contribution is 2.20. The summed E-state index contributed by atoms with van der Waals surface area (Å²) in [5.41, 5.74) is 5.04. The number of rotatable bonds is 6. The Hall–Kier alpha value is -1.58. The zero-order valence-corrected chi connectivity index (χ0v) is 13.4. The van der Waals surface area contributed by atoms with Crippen molar-refractivity contribution < 1.29 is 5.11 Å². The Morgan fingerprint density at radius 3 is 2.43 bits per heavy atom. The van der Waals surface area contributed by atoms with Crippen molar-refractivity contribution in [2.45, 2.75) is 52.8 Å². The zero-order valence-electron chi connectivity index (χ0n) is 13.4. The van der Waals surface area contributed by atoms with E-state index in [4.69, 9.17) is 0 Å². The normalized spacial score (nSPS) is 14.1. The lowest BCUT2D eigenvalue weighted by Crippen LogP contribution is -2.28. The van der Waals surface area contributed by atoms with Crippen LogP contribution < -0.4 is 5.32 Å². The second-order valence-electron chi connectivity index (χ2n) is 5.93. The number of aryl methyl sites for hydroxylation is 1. The molecule has 21 heavy (non-hydrogen) atoms. The lowest BCUT2D eigenvalue weighted by Gasteiger charge is -2.15.